The monoisotopic (exact) mass is 216 g/mol. The molecule has 0 aliphatic rings. The van der Waals surface area contributed by atoms with Gasteiger partial charge in [-0.1, -0.05) is 6.92 Å². The van der Waals surface area contributed by atoms with E-state index in [2.05, 4.69) is 25.3 Å². The van der Waals surface area contributed by atoms with Crippen LogP contribution in [0.1, 0.15) is 13.3 Å². The lowest BCUT2D eigenvalue weighted by Crippen LogP contribution is -2.17. The van der Waals surface area contributed by atoms with E-state index >= 15 is 0 Å². The minimum absolute atomic E-state index is 0.0965. The third kappa shape index (κ3) is 8.52. The number of thiol groups is 2. The Balaban J connectivity index is 3.80. The Bertz CT molecular complexity index is 197. The van der Waals surface area contributed by atoms with E-state index in [1.54, 1.807) is 0 Å². The molecule has 0 aromatic rings. The van der Waals surface area contributed by atoms with Gasteiger partial charge in [0.2, 0.25) is 0 Å². The van der Waals surface area contributed by atoms with Gasteiger partial charge >= 0.3 is 0 Å². The molecule has 0 aromatic heterocycles. The van der Waals surface area contributed by atoms with Crippen LogP contribution < -0.4 is 0 Å². The summed E-state index contributed by atoms with van der Waals surface area (Å²) in [6, 6.07) is 0. The summed E-state index contributed by atoms with van der Waals surface area (Å²) in [5.41, 5.74) is 0. The summed E-state index contributed by atoms with van der Waals surface area (Å²) in [7, 11) is -3.88. The van der Waals surface area contributed by atoms with Crippen molar-refractivity contribution in [2.45, 2.75) is 23.8 Å². The summed E-state index contributed by atoms with van der Waals surface area (Å²) < 4.78 is 29.0. The van der Waals surface area contributed by atoms with Crippen molar-refractivity contribution in [3.63, 3.8) is 0 Å². The van der Waals surface area contributed by atoms with Crippen LogP contribution in [0.5, 0.6) is 0 Å². The van der Waals surface area contributed by atoms with Crippen LogP contribution >= 0.6 is 25.3 Å². The van der Waals surface area contributed by atoms with Gasteiger partial charge in [0.15, 0.2) is 0 Å². The van der Waals surface area contributed by atoms with Gasteiger partial charge < -0.3 is 0 Å². The minimum Gasteiger partial charge on any atom is -0.286 e. The van der Waals surface area contributed by atoms with E-state index in [0.29, 0.717) is 6.42 Å². The van der Waals surface area contributed by atoms with E-state index in [1.807, 2.05) is 6.92 Å². The molecule has 11 heavy (non-hydrogen) atoms. The molecule has 0 bridgehead atoms. The van der Waals surface area contributed by atoms with E-state index in [4.69, 9.17) is 4.55 Å². The first-order valence-corrected chi connectivity index (χ1v) is 5.77. The minimum atomic E-state index is -3.88. The molecule has 0 fully saturated rings. The van der Waals surface area contributed by atoms with Crippen molar-refractivity contribution >= 4 is 35.4 Å². The maximum absolute atomic E-state index is 10.3. The first kappa shape index (κ1) is 11.6. The Morgan fingerprint density at radius 2 is 1.91 bits per heavy atom. The quantitative estimate of drug-likeness (QED) is 0.483. The van der Waals surface area contributed by atoms with Crippen LogP contribution in [0.3, 0.4) is 0 Å². The molecule has 3 nitrogen and oxygen atoms in total. The Morgan fingerprint density at radius 3 is 2.18 bits per heavy atom. The summed E-state index contributed by atoms with van der Waals surface area (Å²) >= 11 is 8.04. The van der Waals surface area contributed by atoms with E-state index in [1.165, 1.54) is 0 Å². The van der Waals surface area contributed by atoms with Crippen molar-refractivity contribution in [2.75, 3.05) is 5.75 Å². The maximum atomic E-state index is 10.3. The van der Waals surface area contributed by atoms with Crippen molar-refractivity contribution in [1.29, 1.82) is 0 Å². The molecular weight excluding hydrogens is 204 g/mol. The highest BCUT2D eigenvalue weighted by Crippen LogP contribution is 2.10. The fraction of sp³-hybridized carbons (Fsp3) is 1.00. The lowest BCUT2D eigenvalue weighted by atomic mass is 10.3. The number of hydrogen-bond acceptors (Lipinski definition) is 4. The molecule has 0 saturated carbocycles. The zero-order valence-electron chi connectivity index (χ0n) is 6.14. The standard InChI is InChI=1S/C5H12O3S3/c1-4(9)2-5(10)3-11(6,7)8/h4-5,9-10H,2-3H2,1H3,(H,6,7,8). The molecule has 0 spiro atoms. The van der Waals surface area contributed by atoms with Gasteiger partial charge in [-0.2, -0.15) is 33.7 Å². The van der Waals surface area contributed by atoms with Crippen LogP contribution in [0.25, 0.3) is 0 Å². The van der Waals surface area contributed by atoms with Crippen molar-refractivity contribution in [3.8, 4) is 0 Å². The SMILES string of the molecule is CC(S)CC(S)CS(=O)(=O)O. The third-order valence-corrected chi connectivity index (χ3v) is 2.69. The van der Waals surface area contributed by atoms with Gasteiger partial charge in [-0.3, -0.25) is 4.55 Å². The van der Waals surface area contributed by atoms with Gasteiger partial charge in [0.1, 0.15) is 0 Å². The normalized spacial score (nSPS) is 17.8. The largest absolute Gasteiger partial charge is 0.286 e. The smallest absolute Gasteiger partial charge is 0.265 e. The molecule has 0 aliphatic carbocycles. The summed E-state index contributed by atoms with van der Waals surface area (Å²) in [5.74, 6) is -0.305. The molecule has 1 N–H and O–H groups in total. The van der Waals surface area contributed by atoms with Crippen LogP contribution in [0.15, 0.2) is 0 Å². The number of rotatable bonds is 4. The molecular formula is C5H12O3S3. The first-order chi connectivity index (χ1) is 4.81. The highest BCUT2D eigenvalue weighted by molar-refractivity contribution is 7.88. The van der Waals surface area contributed by atoms with E-state index in [9.17, 15) is 8.42 Å². The van der Waals surface area contributed by atoms with E-state index in [0.717, 1.165) is 0 Å². The van der Waals surface area contributed by atoms with Gasteiger partial charge in [0.05, 0.1) is 5.75 Å². The van der Waals surface area contributed by atoms with Crippen LogP contribution in [-0.4, -0.2) is 29.2 Å². The summed E-state index contributed by atoms with van der Waals surface area (Å²) in [4.78, 5) is 0. The zero-order valence-corrected chi connectivity index (χ0v) is 8.74. The van der Waals surface area contributed by atoms with Gasteiger partial charge in [-0.15, -0.1) is 0 Å². The molecule has 0 rings (SSSR count). The molecule has 68 valence electrons. The van der Waals surface area contributed by atoms with E-state index < -0.39 is 10.1 Å². The summed E-state index contributed by atoms with van der Waals surface area (Å²) in [6.07, 6.45) is 0.562. The predicted octanol–water partition coefficient (Wildman–Crippen LogP) is 0.881. The second-order valence-corrected chi connectivity index (χ2v) is 5.60. The molecule has 0 aromatic carbocycles. The summed E-state index contributed by atoms with van der Waals surface area (Å²) in [5, 5.41) is -0.239. The Kier molecular flexibility index (Phi) is 4.85. The van der Waals surface area contributed by atoms with Crippen LogP contribution in [-0.2, 0) is 10.1 Å². The Labute approximate surface area is 78.1 Å². The lowest BCUT2D eigenvalue weighted by molar-refractivity contribution is 0.481. The van der Waals surface area contributed by atoms with Crippen LogP contribution in [0, 0.1) is 0 Å². The van der Waals surface area contributed by atoms with Gasteiger partial charge in [-0.05, 0) is 11.7 Å². The van der Waals surface area contributed by atoms with Crippen molar-refractivity contribution < 1.29 is 13.0 Å². The second kappa shape index (κ2) is 4.59. The molecule has 2 unspecified atom stereocenters. The molecule has 0 amide bonds. The maximum Gasteiger partial charge on any atom is 0.265 e. The van der Waals surface area contributed by atoms with Crippen LogP contribution in [0.2, 0.25) is 0 Å². The van der Waals surface area contributed by atoms with Crippen molar-refractivity contribution in [3.05, 3.63) is 0 Å². The molecule has 0 heterocycles. The molecule has 0 saturated heterocycles. The average molecular weight is 216 g/mol. The fourth-order valence-electron chi connectivity index (χ4n) is 0.705. The predicted molar refractivity (Wildman–Crippen MR) is 52.3 cm³/mol. The number of hydrogen-bond donors (Lipinski definition) is 3. The van der Waals surface area contributed by atoms with Crippen molar-refractivity contribution in [2.24, 2.45) is 0 Å². The topological polar surface area (TPSA) is 54.4 Å². The third-order valence-electron chi connectivity index (χ3n) is 1.02. The molecule has 2 atom stereocenters. The second-order valence-electron chi connectivity index (χ2n) is 2.49. The highest BCUT2D eigenvalue weighted by Gasteiger charge is 2.14. The van der Waals surface area contributed by atoms with Crippen LogP contribution in [0.4, 0.5) is 0 Å². The van der Waals surface area contributed by atoms with Gasteiger partial charge in [0, 0.05) is 5.25 Å². The average Bonchev–Trinajstić information content (AvgIpc) is 1.53. The van der Waals surface area contributed by atoms with Gasteiger partial charge in [0.25, 0.3) is 10.1 Å². The fourth-order valence-corrected chi connectivity index (χ4v) is 2.63. The molecule has 0 aliphatic heterocycles. The Morgan fingerprint density at radius 1 is 1.45 bits per heavy atom. The molecule has 6 heteroatoms. The Hall–Kier alpha value is 0.610. The first-order valence-electron chi connectivity index (χ1n) is 3.12. The highest BCUT2D eigenvalue weighted by atomic mass is 32.2. The van der Waals surface area contributed by atoms with Crippen molar-refractivity contribution in [1.82, 2.24) is 0 Å². The molecule has 0 radical (unpaired) electrons. The lowest BCUT2D eigenvalue weighted by Gasteiger charge is -2.09. The summed E-state index contributed by atoms with van der Waals surface area (Å²) in [6.45, 7) is 1.84. The van der Waals surface area contributed by atoms with Gasteiger partial charge in [-0.25, -0.2) is 0 Å². The zero-order chi connectivity index (χ0) is 9.07. The van der Waals surface area contributed by atoms with E-state index in [-0.39, 0.29) is 16.3 Å².